The second kappa shape index (κ2) is 6.15. The Morgan fingerprint density at radius 3 is 2.88 bits per heavy atom. The molecule has 1 aromatic carbocycles. The molecule has 1 saturated carbocycles. The Labute approximate surface area is 153 Å². The van der Waals surface area contributed by atoms with Gasteiger partial charge in [-0.1, -0.05) is 0 Å². The van der Waals surface area contributed by atoms with Crippen LogP contribution in [0, 0.1) is 11.8 Å². The molecule has 128 valence electrons. The van der Waals surface area contributed by atoms with E-state index in [1.54, 1.807) is 0 Å². The minimum absolute atomic E-state index is 0.256. The monoisotopic (exact) mass is 442 g/mol. The summed E-state index contributed by atoms with van der Waals surface area (Å²) in [5, 5.41) is 0. The van der Waals surface area contributed by atoms with E-state index in [4.69, 9.17) is 4.74 Å². The van der Waals surface area contributed by atoms with Crippen LogP contribution >= 0.6 is 0 Å². The molecule has 4 rings (SSSR count). The van der Waals surface area contributed by atoms with Gasteiger partial charge in [-0.25, -0.2) is 0 Å². The predicted molar refractivity (Wildman–Crippen MR) is 93.4 cm³/mol. The first kappa shape index (κ1) is 16.6. The zero-order valence-corrected chi connectivity index (χ0v) is 16.7. The maximum atomic E-state index is 12.0. The average Bonchev–Trinajstić information content (AvgIpc) is 2.52. The van der Waals surface area contributed by atoms with Crippen LogP contribution in [-0.2, 0) is 16.0 Å². The molecule has 2 aliphatic carbocycles. The number of ether oxygens (including phenoxy) is 1. The molecule has 1 aromatic rings. The van der Waals surface area contributed by atoms with Gasteiger partial charge in [0.1, 0.15) is 0 Å². The van der Waals surface area contributed by atoms with Gasteiger partial charge in [-0.3, -0.25) is 0 Å². The minimum atomic E-state index is -0.507. The molecular weight excluding hydrogens is 416 g/mol. The Hall–Kier alpha value is -0.850. The molecular formula is C20H24O3Te. The van der Waals surface area contributed by atoms with Gasteiger partial charge < -0.3 is 0 Å². The van der Waals surface area contributed by atoms with E-state index in [2.05, 4.69) is 19.1 Å². The molecule has 0 aromatic heterocycles. The number of fused-ring (bicyclic) bond motifs is 5. The standard InChI is InChI=1S/C20H24O3Te/c1-12(21)23-14-4-6-15-13(11-14)3-5-17-16(15)9-10-20(2)18(17)7-8-19(22)24-20/h4,6,11,16-18H,3,5,7-10H2,1-2H3. The van der Waals surface area contributed by atoms with Crippen molar-refractivity contribution < 1.29 is 14.3 Å². The molecule has 4 heteroatoms. The number of aryl methyl sites for hydroxylation is 1. The van der Waals surface area contributed by atoms with E-state index in [1.165, 1.54) is 37.3 Å². The van der Waals surface area contributed by atoms with Gasteiger partial charge in [0.05, 0.1) is 0 Å². The molecule has 4 unspecified atom stereocenters. The Morgan fingerprint density at radius 2 is 2.08 bits per heavy atom. The van der Waals surface area contributed by atoms with Gasteiger partial charge in [-0.15, -0.1) is 0 Å². The van der Waals surface area contributed by atoms with E-state index in [0.29, 0.717) is 19.0 Å². The van der Waals surface area contributed by atoms with Crippen molar-refractivity contribution >= 4 is 30.7 Å². The van der Waals surface area contributed by atoms with Crippen molar-refractivity contribution in [2.75, 3.05) is 0 Å². The first-order valence-corrected chi connectivity index (χ1v) is 11.3. The van der Waals surface area contributed by atoms with Crippen molar-refractivity contribution in [3.05, 3.63) is 29.3 Å². The molecule has 1 aliphatic heterocycles. The summed E-state index contributed by atoms with van der Waals surface area (Å²) in [5.74, 6) is 2.55. The zero-order valence-electron chi connectivity index (χ0n) is 14.3. The predicted octanol–water partition coefficient (Wildman–Crippen LogP) is 3.87. The van der Waals surface area contributed by atoms with Gasteiger partial charge >= 0.3 is 154 Å². The Kier molecular flexibility index (Phi) is 4.25. The number of hydrogen-bond acceptors (Lipinski definition) is 3. The summed E-state index contributed by atoms with van der Waals surface area (Å²) >= 11 is -0.507. The fourth-order valence-electron chi connectivity index (χ4n) is 5.31. The Balaban J connectivity index is 1.62. The Morgan fingerprint density at radius 1 is 1.25 bits per heavy atom. The molecule has 0 amide bonds. The molecule has 3 nitrogen and oxygen atoms in total. The van der Waals surface area contributed by atoms with E-state index in [-0.39, 0.29) is 5.97 Å². The van der Waals surface area contributed by atoms with Gasteiger partial charge in [0, 0.05) is 0 Å². The molecule has 0 N–H and O–H groups in total. The molecule has 3 aliphatic rings. The van der Waals surface area contributed by atoms with E-state index >= 15 is 0 Å². The summed E-state index contributed by atoms with van der Waals surface area (Å²) in [6, 6.07) is 6.21. The van der Waals surface area contributed by atoms with Crippen LogP contribution in [-0.4, -0.2) is 30.7 Å². The van der Waals surface area contributed by atoms with E-state index in [9.17, 15) is 9.59 Å². The number of rotatable bonds is 1. The molecule has 0 radical (unpaired) electrons. The van der Waals surface area contributed by atoms with Crippen LogP contribution in [0.25, 0.3) is 0 Å². The zero-order chi connectivity index (χ0) is 16.9. The van der Waals surface area contributed by atoms with E-state index < -0.39 is 20.9 Å². The molecule has 4 atom stereocenters. The van der Waals surface area contributed by atoms with Crippen molar-refractivity contribution in [3.63, 3.8) is 0 Å². The van der Waals surface area contributed by atoms with Crippen LogP contribution in [0.4, 0.5) is 0 Å². The van der Waals surface area contributed by atoms with E-state index in [1.807, 2.05) is 6.07 Å². The van der Waals surface area contributed by atoms with Crippen LogP contribution in [0.5, 0.6) is 5.75 Å². The summed E-state index contributed by atoms with van der Waals surface area (Å²) in [6.07, 6.45) is 6.69. The fourth-order valence-corrected chi connectivity index (χ4v) is 9.31. The van der Waals surface area contributed by atoms with Crippen LogP contribution in [0.3, 0.4) is 0 Å². The van der Waals surface area contributed by atoms with Gasteiger partial charge in [0.25, 0.3) is 0 Å². The molecule has 24 heavy (non-hydrogen) atoms. The molecule has 1 heterocycles. The third kappa shape index (κ3) is 2.82. The first-order chi connectivity index (χ1) is 11.5. The maximum absolute atomic E-state index is 12.0. The van der Waals surface area contributed by atoms with Gasteiger partial charge in [0.15, 0.2) is 0 Å². The van der Waals surface area contributed by atoms with Crippen molar-refractivity contribution in [2.24, 2.45) is 11.8 Å². The van der Waals surface area contributed by atoms with Crippen molar-refractivity contribution in [2.45, 2.75) is 61.8 Å². The van der Waals surface area contributed by atoms with Gasteiger partial charge in [-0.2, -0.15) is 0 Å². The number of carbonyl (C=O) groups excluding carboxylic acids is 2. The third-order valence-electron chi connectivity index (χ3n) is 6.30. The first-order valence-electron chi connectivity index (χ1n) is 8.99. The molecule has 2 fully saturated rings. The quantitative estimate of drug-likeness (QED) is 0.379. The Bertz CT molecular complexity index is 698. The number of benzene rings is 1. The molecule has 0 spiro atoms. The normalized spacial score (nSPS) is 34.8. The summed E-state index contributed by atoms with van der Waals surface area (Å²) in [4.78, 5) is 23.2. The van der Waals surface area contributed by atoms with Crippen LogP contribution in [0.1, 0.15) is 63.0 Å². The van der Waals surface area contributed by atoms with Crippen LogP contribution < -0.4 is 4.74 Å². The second-order valence-corrected chi connectivity index (χ2v) is 12.3. The number of hydrogen-bond donors (Lipinski definition) is 0. The molecule has 1 saturated heterocycles. The number of carbonyl (C=O) groups is 2. The summed E-state index contributed by atoms with van der Waals surface area (Å²) in [7, 11) is 0. The van der Waals surface area contributed by atoms with Crippen LogP contribution in [0.15, 0.2) is 18.2 Å². The fraction of sp³-hybridized carbons (Fsp3) is 0.600. The van der Waals surface area contributed by atoms with Crippen LogP contribution in [0.2, 0.25) is 3.46 Å². The summed E-state index contributed by atoms with van der Waals surface area (Å²) < 4.78 is 6.21. The topological polar surface area (TPSA) is 43.4 Å². The van der Waals surface area contributed by atoms with E-state index in [0.717, 1.165) is 31.1 Å². The van der Waals surface area contributed by atoms with Gasteiger partial charge in [-0.05, 0) is 0 Å². The van der Waals surface area contributed by atoms with Crippen molar-refractivity contribution in [1.29, 1.82) is 0 Å². The third-order valence-corrected chi connectivity index (χ3v) is 10.3. The second-order valence-electron chi connectivity index (χ2n) is 7.73. The number of esters is 1. The van der Waals surface area contributed by atoms with Crippen molar-refractivity contribution in [3.8, 4) is 5.75 Å². The average molecular weight is 440 g/mol. The SMILES string of the molecule is CC(=O)Oc1ccc2c(c1)CCC1C2CCC2(C)[Te]C(=O)CCC12. The summed E-state index contributed by atoms with van der Waals surface area (Å²) in [5.41, 5.74) is 2.84. The van der Waals surface area contributed by atoms with Crippen molar-refractivity contribution in [1.82, 2.24) is 0 Å². The van der Waals surface area contributed by atoms with Gasteiger partial charge in [0.2, 0.25) is 0 Å². The summed E-state index contributed by atoms with van der Waals surface area (Å²) in [6.45, 7) is 3.86. The molecule has 0 bridgehead atoms.